The Kier molecular flexibility index (Phi) is 4.86. The summed E-state index contributed by atoms with van der Waals surface area (Å²) in [5, 5.41) is 6.33. The van der Waals surface area contributed by atoms with Gasteiger partial charge in [-0.25, -0.2) is 0 Å². The maximum absolute atomic E-state index is 12.3. The molecule has 0 aliphatic heterocycles. The summed E-state index contributed by atoms with van der Waals surface area (Å²) >= 11 is 15.4. The second kappa shape index (κ2) is 6.43. The van der Waals surface area contributed by atoms with Crippen molar-refractivity contribution < 1.29 is 4.79 Å². The molecule has 0 unspecified atom stereocenters. The smallest absolute Gasteiger partial charge is 0.259 e. The van der Waals surface area contributed by atoms with Gasteiger partial charge in [0, 0.05) is 29.6 Å². The maximum atomic E-state index is 12.3. The summed E-state index contributed by atoms with van der Waals surface area (Å²) in [6.45, 7) is 0. The molecule has 1 aromatic carbocycles. The summed E-state index contributed by atoms with van der Waals surface area (Å²) in [6.07, 6.45) is 3.07. The monoisotopic (exact) mass is 373 g/mol. The van der Waals surface area contributed by atoms with Crippen molar-refractivity contribution in [3.05, 3.63) is 50.7 Å². The summed E-state index contributed by atoms with van der Waals surface area (Å²) in [5.41, 5.74) is 1.44. The van der Waals surface area contributed by atoms with Crippen molar-refractivity contribution in [2.45, 2.75) is 0 Å². The van der Waals surface area contributed by atoms with Crippen molar-refractivity contribution in [3.8, 4) is 0 Å². The number of aromatic nitrogens is 1. The van der Waals surface area contributed by atoms with Gasteiger partial charge in [-0.2, -0.15) is 0 Å². The normalized spacial score (nSPS) is 10.2. The van der Waals surface area contributed by atoms with Gasteiger partial charge in [-0.1, -0.05) is 39.1 Å². The van der Waals surface area contributed by atoms with Gasteiger partial charge in [-0.3, -0.25) is 9.78 Å². The van der Waals surface area contributed by atoms with Crippen LogP contribution in [-0.4, -0.2) is 17.9 Å². The predicted octanol–water partition coefficient (Wildman–Crippen LogP) is 4.44. The van der Waals surface area contributed by atoms with Crippen LogP contribution < -0.4 is 10.6 Å². The molecular formula is C13H10BrCl2N3O. The first-order chi connectivity index (χ1) is 9.52. The van der Waals surface area contributed by atoms with E-state index in [0.29, 0.717) is 27.0 Å². The van der Waals surface area contributed by atoms with E-state index in [-0.39, 0.29) is 5.91 Å². The first kappa shape index (κ1) is 15.1. The van der Waals surface area contributed by atoms with E-state index in [4.69, 9.17) is 23.2 Å². The van der Waals surface area contributed by atoms with Crippen LogP contribution >= 0.6 is 39.1 Å². The molecule has 2 rings (SSSR count). The number of halogens is 3. The zero-order valence-electron chi connectivity index (χ0n) is 10.4. The van der Waals surface area contributed by atoms with Gasteiger partial charge in [0.25, 0.3) is 5.91 Å². The molecule has 0 aliphatic carbocycles. The number of hydrogen-bond donors (Lipinski definition) is 2. The molecule has 0 saturated carbocycles. The summed E-state index contributed by atoms with van der Waals surface area (Å²) in [5.74, 6) is -0.339. The zero-order chi connectivity index (χ0) is 14.7. The van der Waals surface area contributed by atoms with E-state index in [0.717, 1.165) is 4.47 Å². The number of carbonyl (C=O) groups excluding carboxylic acids is 1. The molecule has 0 saturated heterocycles. The van der Waals surface area contributed by atoms with Crippen LogP contribution in [0.3, 0.4) is 0 Å². The third-order valence-electron chi connectivity index (χ3n) is 2.58. The van der Waals surface area contributed by atoms with Crippen molar-refractivity contribution in [2.24, 2.45) is 0 Å². The molecule has 4 nitrogen and oxygen atoms in total. The molecule has 104 valence electrons. The Labute approximate surface area is 134 Å². The van der Waals surface area contributed by atoms with Gasteiger partial charge in [0.05, 0.1) is 21.3 Å². The highest BCUT2D eigenvalue weighted by Gasteiger charge is 2.15. The Morgan fingerprint density at radius 3 is 2.55 bits per heavy atom. The lowest BCUT2D eigenvalue weighted by molar-refractivity contribution is 0.102. The number of pyridine rings is 1. The first-order valence-corrected chi connectivity index (χ1v) is 7.15. The summed E-state index contributed by atoms with van der Waals surface area (Å²) in [4.78, 5) is 16.2. The Hall–Kier alpha value is -1.30. The molecule has 0 fully saturated rings. The van der Waals surface area contributed by atoms with Gasteiger partial charge < -0.3 is 10.6 Å². The Bertz CT molecular complexity index is 641. The summed E-state index contributed by atoms with van der Waals surface area (Å²) in [7, 11) is 1.73. The highest BCUT2D eigenvalue weighted by Crippen LogP contribution is 2.34. The lowest BCUT2D eigenvalue weighted by Crippen LogP contribution is -2.15. The fourth-order valence-corrected chi connectivity index (χ4v) is 2.94. The third-order valence-corrected chi connectivity index (χ3v) is 3.63. The van der Waals surface area contributed by atoms with E-state index in [1.165, 1.54) is 6.20 Å². The number of anilines is 2. The number of rotatable bonds is 3. The fraction of sp³-hybridized carbons (Fsp3) is 0.0769. The zero-order valence-corrected chi connectivity index (χ0v) is 13.5. The highest BCUT2D eigenvalue weighted by molar-refractivity contribution is 9.10. The second-order valence-electron chi connectivity index (χ2n) is 3.87. The van der Waals surface area contributed by atoms with Crippen molar-refractivity contribution in [1.82, 2.24) is 4.98 Å². The first-order valence-electron chi connectivity index (χ1n) is 5.60. The maximum Gasteiger partial charge on any atom is 0.259 e. The molecule has 7 heteroatoms. The van der Waals surface area contributed by atoms with Crippen LogP contribution in [0.1, 0.15) is 10.4 Å². The highest BCUT2D eigenvalue weighted by atomic mass is 79.9. The van der Waals surface area contributed by atoms with Crippen LogP contribution in [0.5, 0.6) is 0 Å². The lowest BCUT2D eigenvalue weighted by Gasteiger charge is -2.12. The van der Waals surface area contributed by atoms with E-state index >= 15 is 0 Å². The minimum atomic E-state index is -0.339. The molecule has 20 heavy (non-hydrogen) atoms. The molecule has 0 spiro atoms. The average Bonchev–Trinajstić information content (AvgIpc) is 2.42. The van der Waals surface area contributed by atoms with Gasteiger partial charge in [0.2, 0.25) is 0 Å². The third kappa shape index (κ3) is 3.23. The number of hydrogen-bond acceptors (Lipinski definition) is 3. The van der Waals surface area contributed by atoms with Crippen LogP contribution in [0.25, 0.3) is 0 Å². The van der Waals surface area contributed by atoms with Crippen molar-refractivity contribution >= 4 is 56.4 Å². The fourth-order valence-electron chi connectivity index (χ4n) is 1.64. The van der Waals surface area contributed by atoms with Crippen LogP contribution in [0.2, 0.25) is 10.0 Å². The van der Waals surface area contributed by atoms with Crippen LogP contribution in [0.4, 0.5) is 11.4 Å². The van der Waals surface area contributed by atoms with Crippen LogP contribution in [0.15, 0.2) is 35.1 Å². The standard InChI is InChI=1S/C13H10BrCl2N3O/c1-17-11-2-3-18-6-8(11)13(20)19-12-9(15)4-7(14)5-10(12)16/h2-6H,1H3,(H,17,18)(H,19,20). The van der Waals surface area contributed by atoms with Gasteiger partial charge in [-0.15, -0.1) is 0 Å². The Balaban J connectivity index is 2.33. The number of nitrogens with zero attached hydrogens (tertiary/aromatic N) is 1. The molecule has 0 radical (unpaired) electrons. The number of nitrogens with one attached hydrogen (secondary N) is 2. The summed E-state index contributed by atoms with van der Waals surface area (Å²) < 4.78 is 0.739. The minimum absolute atomic E-state index is 0.339. The largest absolute Gasteiger partial charge is 0.387 e. The topological polar surface area (TPSA) is 54.0 Å². The van der Waals surface area contributed by atoms with Gasteiger partial charge >= 0.3 is 0 Å². The molecule has 2 N–H and O–H groups in total. The lowest BCUT2D eigenvalue weighted by atomic mass is 10.2. The molecular weight excluding hydrogens is 365 g/mol. The van der Waals surface area contributed by atoms with Gasteiger partial charge in [-0.05, 0) is 18.2 Å². The molecule has 1 amide bonds. The van der Waals surface area contributed by atoms with Gasteiger partial charge in [0.1, 0.15) is 0 Å². The van der Waals surface area contributed by atoms with E-state index in [9.17, 15) is 4.79 Å². The van der Waals surface area contributed by atoms with E-state index in [2.05, 4.69) is 31.5 Å². The summed E-state index contributed by atoms with van der Waals surface area (Å²) in [6, 6.07) is 5.02. The van der Waals surface area contributed by atoms with Crippen molar-refractivity contribution in [1.29, 1.82) is 0 Å². The Morgan fingerprint density at radius 1 is 1.30 bits per heavy atom. The number of carbonyl (C=O) groups is 1. The van der Waals surface area contributed by atoms with Crippen molar-refractivity contribution in [2.75, 3.05) is 17.7 Å². The molecule has 1 heterocycles. The van der Waals surface area contributed by atoms with Crippen LogP contribution in [-0.2, 0) is 0 Å². The molecule has 0 bridgehead atoms. The van der Waals surface area contributed by atoms with E-state index < -0.39 is 0 Å². The van der Waals surface area contributed by atoms with E-state index in [1.54, 1.807) is 31.4 Å². The quantitative estimate of drug-likeness (QED) is 0.834. The van der Waals surface area contributed by atoms with Crippen molar-refractivity contribution in [3.63, 3.8) is 0 Å². The van der Waals surface area contributed by atoms with E-state index in [1.807, 2.05) is 0 Å². The molecule has 1 aromatic heterocycles. The molecule has 2 aromatic rings. The second-order valence-corrected chi connectivity index (χ2v) is 5.60. The van der Waals surface area contributed by atoms with Gasteiger partial charge in [0.15, 0.2) is 0 Å². The molecule has 0 aliphatic rings. The minimum Gasteiger partial charge on any atom is -0.387 e. The SMILES string of the molecule is CNc1ccncc1C(=O)Nc1c(Cl)cc(Br)cc1Cl. The molecule has 0 atom stereocenters. The predicted molar refractivity (Wildman–Crippen MR) is 85.9 cm³/mol. The number of amides is 1. The van der Waals surface area contributed by atoms with Crippen LogP contribution in [0, 0.1) is 0 Å². The average molecular weight is 375 g/mol. The number of benzene rings is 1. The Morgan fingerprint density at radius 2 is 1.95 bits per heavy atom.